The molecular weight excluding hydrogens is 385 g/mol. The molecule has 30 heavy (non-hydrogen) atoms. The van der Waals surface area contributed by atoms with Gasteiger partial charge < -0.3 is 15.2 Å². The van der Waals surface area contributed by atoms with Gasteiger partial charge in [-0.05, 0) is 32.4 Å². The minimum Gasteiger partial charge on any atom is -0.350 e. The number of carbonyl (C=O) groups excluding carboxylic acids is 1. The first-order valence-electron chi connectivity index (χ1n) is 9.92. The molecule has 1 amide bonds. The predicted molar refractivity (Wildman–Crippen MR) is 114 cm³/mol. The van der Waals surface area contributed by atoms with Gasteiger partial charge in [-0.15, -0.1) is 0 Å². The van der Waals surface area contributed by atoms with Gasteiger partial charge in [0.15, 0.2) is 0 Å². The molecule has 0 bridgehead atoms. The van der Waals surface area contributed by atoms with Crippen molar-refractivity contribution in [2.75, 3.05) is 30.0 Å². The molecule has 2 fully saturated rings. The Morgan fingerprint density at radius 2 is 2.17 bits per heavy atom. The fourth-order valence-corrected chi connectivity index (χ4v) is 4.05. The van der Waals surface area contributed by atoms with E-state index in [4.69, 9.17) is 5.41 Å². The van der Waals surface area contributed by atoms with Crippen molar-refractivity contribution >= 4 is 29.8 Å². The second-order valence-corrected chi connectivity index (χ2v) is 7.64. The number of nitrogens with zero attached hydrogens (tertiary/aromatic N) is 5. The molecule has 2 aromatic rings. The van der Waals surface area contributed by atoms with E-state index in [2.05, 4.69) is 25.4 Å². The average molecular weight is 409 g/mol. The molecule has 3 heterocycles. The summed E-state index contributed by atoms with van der Waals surface area (Å²) in [6.07, 6.45) is 4.87. The van der Waals surface area contributed by atoms with E-state index in [1.54, 1.807) is 17.2 Å². The Hall–Kier alpha value is -3.36. The number of anilines is 2. The molecule has 4 rings (SSSR count). The Bertz CT molecular complexity index is 1010. The summed E-state index contributed by atoms with van der Waals surface area (Å²) in [4.78, 5) is 26.1. The summed E-state index contributed by atoms with van der Waals surface area (Å²) < 4.78 is 14.6. The minimum absolute atomic E-state index is 0.0325. The number of rotatable bonds is 5. The number of nitrogens with one attached hydrogen (secondary N) is 2. The first kappa shape index (κ1) is 19.9. The first-order chi connectivity index (χ1) is 14.5. The van der Waals surface area contributed by atoms with Crippen LogP contribution in [-0.2, 0) is 0 Å². The third-order valence-electron chi connectivity index (χ3n) is 5.88. The van der Waals surface area contributed by atoms with Crippen molar-refractivity contribution in [3.8, 4) is 0 Å². The first-order valence-corrected chi connectivity index (χ1v) is 9.92. The summed E-state index contributed by atoms with van der Waals surface area (Å²) >= 11 is 0. The highest BCUT2D eigenvalue weighted by Gasteiger charge is 2.44. The molecule has 2 aliphatic heterocycles. The van der Waals surface area contributed by atoms with Crippen LogP contribution in [0.25, 0.3) is 0 Å². The zero-order valence-corrected chi connectivity index (χ0v) is 17.0. The largest absolute Gasteiger partial charge is 0.350 e. The third kappa shape index (κ3) is 3.62. The van der Waals surface area contributed by atoms with Gasteiger partial charge in [0.2, 0.25) is 0 Å². The maximum absolute atomic E-state index is 14.6. The Labute approximate surface area is 174 Å². The van der Waals surface area contributed by atoms with Gasteiger partial charge in [0.05, 0.1) is 35.5 Å². The third-order valence-corrected chi connectivity index (χ3v) is 5.88. The number of hydrazone groups is 1. The molecule has 2 saturated heterocycles. The number of piperidine rings is 1. The van der Waals surface area contributed by atoms with Gasteiger partial charge in [-0.2, -0.15) is 5.10 Å². The molecule has 0 aliphatic carbocycles. The van der Waals surface area contributed by atoms with Crippen LogP contribution < -0.4 is 10.3 Å². The monoisotopic (exact) mass is 409 g/mol. The van der Waals surface area contributed by atoms with Gasteiger partial charge in [0.25, 0.3) is 5.91 Å². The fourth-order valence-electron chi connectivity index (χ4n) is 4.05. The van der Waals surface area contributed by atoms with Gasteiger partial charge in [-0.3, -0.25) is 15.2 Å². The van der Waals surface area contributed by atoms with Gasteiger partial charge in [0, 0.05) is 31.8 Å². The standard InChI is InChI=1S/C21H24FN7O/c1-13-14(2)26-19(10-24-13)29-11-15-6-9-28(12-18(15)29)21(30)20-16(22)4-3-5-17(20)27-25-8-7-23/h3-5,7-8,10,15,18,23,27H,6,9,11-12H2,1-2H3/b23-7?,25-8-. The van der Waals surface area contributed by atoms with Crippen molar-refractivity contribution in [3.63, 3.8) is 0 Å². The van der Waals surface area contributed by atoms with Crippen molar-refractivity contribution in [2.45, 2.75) is 26.3 Å². The number of halogens is 1. The summed E-state index contributed by atoms with van der Waals surface area (Å²) in [7, 11) is 0. The Morgan fingerprint density at radius 1 is 1.33 bits per heavy atom. The van der Waals surface area contributed by atoms with Crippen LogP contribution in [0.3, 0.4) is 0 Å². The van der Waals surface area contributed by atoms with Crippen molar-refractivity contribution < 1.29 is 9.18 Å². The van der Waals surface area contributed by atoms with Crippen molar-refractivity contribution in [1.82, 2.24) is 14.9 Å². The quantitative estimate of drug-likeness (QED) is 0.584. The normalized spacial score (nSPS) is 20.6. The van der Waals surface area contributed by atoms with E-state index in [-0.39, 0.29) is 23.2 Å². The Morgan fingerprint density at radius 3 is 2.93 bits per heavy atom. The zero-order valence-electron chi connectivity index (χ0n) is 17.0. The van der Waals surface area contributed by atoms with Crippen molar-refractivity contribution in [3.05, 3.63) is 47.2 Å². The van der Waals surface area contributed by atoms with Gasteiger partial charge >= 0.3 is 0 Å². The molecule has 0 radical (unpaired) electrons. The number of aryl methyl sites for hydroxylation is 2. The lowest BCUT2D eigenvalue weighted by Crippen LogP contribution is -2.65. The molecule has 2 atom stereocenters. The summed E-state index contributed by atoms with van der Waals surface area (Å²) in [6.45, 7) is 5.86. The van der Waals surface area contributed by atoms with Crippen LogP contribution in [0.5, 0.6) is 0 Å². The van der Waals surface area contributed by atoms with Gasteiger partial charge in [0.1, 0.15) is 17.2 Å². The molecule has 156 valence electrons. The fraction of sp³-hybridized carbons (Fsp3) is 0.381. The van der Waals surface area contributed by atoms with E-state index in [1.807, 2.05) is 13.8 Å². The summed E-state index contributed by atoms with van der Waals surface area (Å²) in [5.74, 6) is 0.357. The van der Waals surface area contributed by atoms with Crippen molar-refractivity contribution in [1.29, 1.82) is 5.41 Å². The molecule has 2 aliphatic rings. The molecule has 1 aromatic heterocycles. The number of hydrogen-bond donors (Lipinski definition) is 2. The highest BCUT2D eigenvalue weighted by Crippen LogP contribution is 2.36. The Balaban J connectivity index is 1.53. The minimum atomic E-state index is -0.595. The van der Waals surface area contributed by atoms with Crippen LogP contribution in [0.4, 0.5) is 15.9 Å². The van der Waals surface area contributed by atoms with Crippen LogP contribution in [0.15, 0.2) is 29.5 Å². The second kappa shape index (κ2) is 8.17. The van der Waals surface area contributed by atoms with Crippen LogP contribution in [0.2, 0.25) is 0 Å². The average Bonchev–Trinajstić information content (AvgIpc) is 2.71. The molecule has 2 unspecified atom stereocenters. The lowest BCUT2D eigenvalue weighted by atomic mass is 9.82. The predicted octanol–water partition coefficient (Wildman–Crippen LogP) is 2.63. The lowest BCUT2D eigenvalue weighted by molar-refractivity contribution is 0.0587. The summed E-state index contributed by atoms with van der Waals surface area (Å²) in [5.41, 5.74) is 4.71. The van der Waals surface area contributed by atoms with Crippen molar-refractivity contribution in [2.24, 2.45) is 11.0 Å². The molecular formula is C21H24FN7O. The zero-order chi connectivity index (χ0) is 21.3. The van der Waals surface area contributed by atoms with Crippen LogP contribution in [0.1, 0.15) is 28.2 Å². The smallest absolute Gasteiger partial charge is 0.259 e. The van der Waals surface area contributed by atoms with Crippen LogP contribution in [-0.4, -0.2) is 58.9 Å². The topological polar surface area (TPSA) is 97.6 Å². The summed E-state index contributed by atoms with van der Waals surface area (Å²) in [5, 5.41) is 10.8. The number of aromatic nitrogens is 2. The lowest BCUT2D eigenvalue weighted by Gasteiger charge is -2.54. The maximum atomic E-state index is 14.6. The molecule has 2 N–H and O–H groups in total. The van der Waals surface area contributed by atoms with E-state index in [9.17, 15) is 9.18 Å². The second-order valence-electron chi connectivity index (χ2n) is 7.64. The maximum Gasteiger partial charge on any atom is 0.259 e. The van der Waals surface area contributed by atoms with E-state index in [1.165, 1.54) is 18.3 Å². The van der Waals surface area contributed by atoms with Gasteiger partial charge in [-0.25, -0.2) is 9.37 Å². The van der Waals surface area contributed by atoms with Gasteiger partial charge in [-0.1, -0.05) is 6.07 Å². The summed E-state index contributed by atoms with van der Waals surface area (Å²) in [6, 6.07) is 4.54. The molecule has 1 aromatic carbocycles. The van der Waals surface area contributed by atoms with E-state index in [0.29, 0.717) is 19.0 Å². The van der Waals surface area contributed by atoms with E-state index >= 15 is 0 Å². The van der Waals surface area contributed by atoms with E-state index < -0.39 is 5.82 Å². The molecule has 8 nitrogen and oxygen atoms in total. The number of fused-ring (bicyclic) bond motifs is 1. The van der Waals surface area contributed by atoms with E-state index in [0.717, 1.165) is 36.4 Å². The molecule has 9 heteroatoms. The van der Waals surface area contributed by atoms with Crippen LogP contribution in [0, 0.1) is 31.0 Å². The highest BCUT2D eigenvalue weighted by molar-refractivity contribution is 6.14. The Kier molecular flexibility index (Phi) is 5.43. The number of likely N-dealkylation sites (tertiary alicyclic amines) is 1. The number of hydrogen-bond acceptors (Lipinski definition) is 7. The molecule has 0 spiro atoms. The number of benzene rings is 1. The number of amides is 1. The molecule has 0 saturated carbocycles. The van der Waals surface area contributed by atoms with Crippen LogP contribution >= 0.6 is 0 Å². The number of carbonyl (C=O) groups is 1. The highest BCUT2D eigenvalue weighted by atomic mass is 19.1. The SMILES string of the molecule is Cc1ncc(N2CC3CCN(C(=O)c4c(F)cccc4N/N=C\C=N)CC32)nc1C.